The molecule has 10 nitrogen and oxygen atoms in total. The smallest absolute Gasteiger partial charge is 0.269 e. The van der Waals surface area contributed by atoms with E-state index in [1.54, 1.807) is 4.90 Å². The van der Waals surface area contributed by atoms with Crippen molar-refractivity contribution in [2.45, 2.75) is 13.1 Å². The van der Waals surface area contributed by atoms with Crippen LogP contribution in [0, 0.1) is 10.1 Å². The molecule has 2 aromatic rings. The van der Waals surface area contributed by atoms with Gasteiger partial charge in [0.1, 0.15) is 0 Å². The van der Waals surface area contributed by atoms with Gasteiger partial charge in [0.25, 0.3) is 11.6 Å². The number of nitro groups is 1. The minimum atomic E-state index is -0.485. The highest BCUT2D eigenvalue weighted by Crippen LogP contribution is 2.15. The fourth-order valence-corrected chi connectivity index (χ4v) is 2.65. The number of amides is 1. The molecule has 1 aliphatic heterocycles. The van der Waals surface area contributed by atoms with Crippen molar-refractivity contribution in [3.8, 4) is 0 Å². The largest absolute Gasteiger partial charge is 0.338 e. The second-order valence-corrected chi connectivity index (χ2v) is 5.68. The number of benzene rings is 1. The lowest BCUT2D eigenvalue weighted by atomic mass is 10.1. The van der Waals surface area contributed by atoms with E-state index in [-0.39, 0.29) is 30.5 Å². The van der Waals surface area contributed by atoms with E-state index in [4.69, 9.17) is 10.3 Å². The van der Waals surface area contributed by atoms with Crippen molar-refractivity contribution in [2.75, 3.05) is 26.2 Å². The maximum Gasteiger partial charge on any atom is 0.269 e. The summed E-state index contributed by atoms with van der Waals surface area (Å²) in [5.41, 5.74) is 5.86. The topological polar surface area (TPSA) is 132 Å². The second-order valence-electron chi connectivity index (χ2n) is 5.68. The average Bonchev–Trinajstić information content (AvgIpc) is 3.09. The Labute approximate surface area is 155 Å². The summed E-state index contributed by atoms with van der Waals surface area (Å²) in [5, 5.41) is 14.5. The van der Waals surface area contributed by atoms with Crippen molar-refractivity contribution in [1.29, 1.82) is 0 Å². The summed E-state index contributed by atoms with van der Waals surface area (Å²) in [5.74, 6) is 0.858. The number of aromatic nitrogens is 2. The molecule has 0 aliphatic carbocycles. The molecule has 140 valence electrons. The number of non-ortho nitro benzene ring substituents is 1. The summed E-state index contributed by atoms with van der Waals surface area (Å²) in [7, 11) is 0. The molecular weight excluding hydrogens is 364 g/mol. The average molecular weight is 383 g/mol. The zero-order valence-electron chi connectivity index (χ0n) is 13.9. The molecule has 1 aliphatic rings. The Bertz CT molecular complexity index is 758. The lowest BCUT2D eigenvalue weighted by molar-refractivity contribution is -0.384. The minimum Gasteiger partial charge on any atom is -0.338 e. The molecular formula is C15H19ClN6O4. The van der Waals surface area contributed by atoms with E-state index in [0.717, 1.165) is 0 Å². The van der Waals surface area contributed by atoms with Gasteiger partial charge in [-0.25, -0.2) is 0 Å². The van der Waals surface area contributed by atoms with E-state index in [1.807, 2.05) is 0 Å². The van der Waals surface area contributed by atoms with Crippen molar-refractivity contribution in [3.05, 3.63) is 51.7 Å². The Balaban J connectivity index is 0.00000243. The third-order valence-corrected chi connectivity index (χ3v) is 4.03. The van der Waals surface area contributed by atoms with Crippen LogP contribution in [0.5, 0.6) is 0 Å². The Morgan fingerprint density at radius 1 is 1.23 bits per heavy atom. The molecule has 0 atom stereocenters. The van der Waals surface area contributed by atoms with E-state index in [0.29, 0.717) is 50.0 Å². The molecule has 2 heterocycles. The molecule has 1 fully saturated rings. The van der Waals surface area contributed by atoms with Crippen LogP contribution in [0.15, 0.2) is 28.8 Å². The van der Waals surface area contributed by atoms with Gasteiger partial charge in [-0.2, -0.15) is 4.98 Å². The number of nitrogens with two attached hydrogens (primary N) is 1. The third-order valence-electron chi connectivity index (χ3n) is 4.03. The molecule has 0 spiro atoms. The van der Waals surface area contributed by atoms with Gasteiger partial charge in [0.05, 0.1) is 18.0 Å². The van der Waals surface area contributed by atoms with Crippen LogP contribution in [0.3, 0.4) is 0 Å². The number of carbonyl (C=O) groups excluding carboxylic acids is 1. The van der Waals surface area contributed by atoms with Crippen LogP contribution in [-0.4, -0.2) is 56.9 Å². The first-order chi connectivity index (χ1) is 12.1. The quantitative estimate of drug-likeness (QED) is 0.593. The van der Waals surface area contributed by atoms with Gasteiger partial charge in [0.2, 0.25) is 5.89 Å². The highest BCUT2D eigenvalue weighted by atomic mass is 35.5. The van der Waals surface area contributed by atoms with E-state index >= 15 is 0 Å². The molecule has 0 saturated carbocycles. The Hall–Kier alpha value is -2.56. The number of rotatable bonds is 5. The molecule has 0 bridgehead atoms. The van der Waals surface area contributed by atoms with E-state index < -0.39 is 4.92 Å². The molecule has 2 N–H and O–H groups in total. The number of nitro benzene ring substituents is 1. The molecule has 3 rings (SSSR count). The molecule has 0 unspecified atom stereocenters. The molecule has 1 aromatic carbocycles. The van der Waals surface area contributed by atoms with Crippen LogP contribution >= 0.6 is 12.4 Å². The van der Waals surface area contributed by atoms with Crippen molar-refractivity contribution in [2.24, 2.45) is 5.73 Å². The summed E-state index contributed by atoms with van der Waals surface area (Å²) in [4.78, 5) is 30.7. The van der Waals surface area contributed by atoms with Crippen LogP contribution in [0.4, 0.5) is 5.69 Å². The standard InChI is InChI=1S/C15H18N6O4.ClH/c16-9-14-17-13(18-25-14)10-19-5-7-20(8-6-19)15(22)11-1-3-12(4-2-11)21(23)24;/h1-4H,5-10,16H2;1H. The monoisotopic (exact) mass is 382 g/mol. The Kier molecular flexibility index (Phi) is 6.61. The number of carbonyl (C=O) groups is 1. The first-order valence-corrected chi connectivity index (χ1v) is 7.84. The second kappa shape index (κ2) is 8.70. The minimum absolute atomic E-state index is 0. The van der Waals surface area contributed by atoms with Crippen LogP contribution < -0.4 is 5.73 Å². The maximum atomic E-state index is 12.5. The third kappa shape index (κ3) is 4.54. The number of halogens is 1. The Morgan fingerprint density at radius 2 is 1.88 bits per heavy atom. The lowest BCUT2D eigenvalue weighted by Crippen LogP contribution is -2.48. The number of hydrogen-bond acceptors (Lipinski definition) is 8. The summed E-state index contributed by atoms with van der Waals surface area (Å²) >= 11 is 0. The highest BCUT2D eigenvalue weighted by molar-refractivity contribution is 5.94. The number of hydrogen-bond donors (Lipinski definition) is 1. The fourth-order valence-electron chi connectivity index (χ4n) is 2.65. The van der Waals surface area contributed by atoms with Gasteiger partial charge in [-0.1, -0.05) is 5.16 Å². The van der Waals surface area contributed by atoms with E-state index in [9.17, 15) is 14.9 Å². The van der Waals surface area contributed by atoms with Crippen LogP contribution in [0.2, 0.25) is 0 Å². The van der Waals surface area contributed by atoms with Crippen LogP contribution in [-0.2, 0) is 13.1 Å². The van der Waals surface area contributed by atoms with E-state index in [2.05, 4.69) is 15.0 Å². The molecule has 1 aromatic heterocycles. The van der Waals surface area contributed by atoms with E-state index in [1.165, 1.54) is 24.3 Å². The lowest BCUT2D eigenvalue weighted by Gasteiger charge is -2.34. The van der Waals surface area contributed by atoms with Crippen molar-refractivity contribution in [1.82, 2.24) is 19.9 Å². The first kappa shape index (κ1) is 19.8. The highest BCUT2D eigenvalue weighted by Gasteiger charge is 2.23. The van der Waals surface area contributed by atoms with Gasteiger partial charge in [-0.05, 0) is 12.1 Å². The normalized spacial score (nSPS) is 14.7. The van der Waals surface area contributed by atoms with Crippen LogP contribution in [0.25, 0.3) is 0 Å². The molecule has 26 heavy (non-hydrogen) atoms. The number of nitrogens with zero attached hydrogens (tertiary/aromatic N) is 5. The molecule has 11 heteroatoms. The predicted molar refractivity (Wildman–Crippen MR) is 93.7 cm³/mol. The van der Waals surface area contributed by atoms with Gasteiger partial charge in [-0.15, -0.1) is 12.4 Å². The summed E-state index contributed by atoms with van der Waals surface area (Å²) < 4.78 is 4.97. The number of piperazine rings is 1. The predicted octanol–water partition coefficient (Wildman–Crippen LogP) is 0.816. The van der Waals surface area contributed by atoms with Crippen molar-refractivity contribution >= 4 is 24.0 Å². The Morgan fingerprint density at radius 3 is 2.42 bits per heavy atom. The fraction of sp³-hybridized carbons (Fsp3) is 0.400. The van der Waals surface area contributed by atoms with Crippen molar-refractivity contribution in [3.63, 3.8) is 0 Å². The van der Waals surface area contributed by atoms with Crippen molar-refractivity contribution < 1.29 is 14.2 Å². The molecule has 0 radical (unpaired) electrons. The summed E-state index contributed by atoms with van der Waals surface area (Å²) in [6.07, 6.45) is 0. The maximum absolute atomic E-state index is 12.5. The van der Waals surface area contributed by atoms with Gasteiger partial charge in [-0.3, -0.25) is 19.8 Å². The molecule has 1 saturated heterocycles. The SMILES string of the molecule is Cl.NCc1nc(CN2CCN(C(=O)c3ccc([N+](=O)[O-])cc3)CC2)no1. The zero-order valence-corrected chi connectivity index (χ0v) is 14.7. The first-order valence-electron chi connectivity index (χ1n) is 7.84. The summed E-state index contributed by atoms with van der Waals surface area (Å²) in [6, 6.07) is 5.66. The molecule has 1 amide bonds. The zero-order chi connectivity index (χ0) is 17.8. The van der Waals surface area contributed by atoms with Gasteiger partial charge >= 0.3 is 0 Å². The van der Waals surface area contributed by atoms with Gasteiger partial charge < -0.3 is 15.2 Å². The van der Waals surface area contributed by atoms with Crippen LogP contribution in [0.1, 0.15) is 22.1 Å². The summed E-state index contributed by atoms with van der Waals surface area (Å²) in [6.45, 7) is 3.26. The van der Waals surface area contributed by atoms with Gasteiger partial charge in [0.15, 0.2) is 5.82 Å². The van der Waals surface area contributed by atoms with Gasteiger partial charge in [0, 0.05) is 43.9 Å².